The summed E-state index contributed by atoms with van der Waals surface area (Å²) in [6.45, 7) is 1.99. The Balaban J connectivity index is 1.42. The highest BCUT2D eigenvalue weighted by molar-refractivity contribution is 6.31. The van der Waals surface area contributed by atoms with Gasteiger partial charge in [0.1, 0.15) is 11.7 Å². The van der Waals surface area contributed by atoms with Gasteiger partial charge in [0.15, 0.2) is 23.6 Å². The monoisotopic (exact) mass is 521 g/mol. The first kappa shape index (κ1) is 25.4. The van der Waals surface area contributed by atoms with Crippen molar-refractivity contribution in [2.75, 3.05) is 6.61 Å². The molecule has 0 saturated heterocycles. The summed E-state index contributed by atoms with van der Waals surface area (Å²) < 4.78 is 21.7. The van der Waals surface area contributed by atoms with E-state index in [0.717, 1.165) is 31.2 Å². The molecule has 0 N–H and O–H groups in total. The summed E-state index contributed by atoms with van der Waals surface area (Å²) in [5.74, 6) is -0.0472. The van der Waals surface area contributed by atoms with Crippen LogP contribution in [0, 0.1) is 22.9 Å². The minimum atomic E-state index is -0.637. The van der Waals surface area contributed by atoms with Crippen LogP contribution in [0.3, 0.4) is 0 Å². The van der Waals surface area contributed by atoms with Crippen LogP contribution in [-0.2, 0) is 11.2 Å². The molecule has 0 amide bonds. The third kappa shape index (κ3) is 6.02. The number of ether oxygens (including phenoxy) is 1. The third-order valence-corrected chi connectivity index (χ3v) is 7.50. The van der Waals surface area contributed by atoms with Gasteiger partial charge < -0.3 is 9.94 Å². The molecule has 3 aromatic rings. The first-order chi connectivity index (χ1) is 17.8. The molecule has 0 bridgehead atoms. The van der Waals surface area contributed by atoms with Crippen LogP contribution in [0.15, 0.2) is 54.7 Å². The van der Waals surface area contributed by atoms with Crippen LogP contribution in [0.2, 0.25) is 5.02 Å². The van der Waals surface area contributed by atoms with Crippen molar-refractivity contribution in [3.05, 3.63) is 87.6 Å². The highest BCUT2D eigenvalue weighted by atomic mass is 35.5. The topological polar surface area (TPSA) is 70.3 Å². The van der Waals surface area contributed by atoms with Gasteiger partial charge in [0.05, 0.1) is 22.8 Å². The standard InChI is InChI=1S/C30H29ClFNO4/c1-18(34)22-8-6-20(7-9-22)15-27(35)24(14-19-2-3-19)26-12-10-23(16-33(26)36)29-28(37-17-21-4-5-21)13-11-25(31)30(29)32/h6-13,16,19,21,24H,2-5,14-15,17H2,1H3. The van der Waals surface area contributed by atoms with Crippen molar-refractivity contribution in [3.8, 4) is 16.9 Å². The summed E-state index contributed by atoms with van der Waals surface area (Å²) >= 11 is 6.06. The van der Waals surface area contributed by atoms with E-state index in [-0.39, 0.29) is 28.6 Å². The van der Waals surface area contributed by atoms with E-state index in [1.54, 1.807) is 42.5 Å². The van der Waals surface area contributed by atoms with Gasteiger partial charge in [-0.2, -0.15) is 4.73 Å². The predicted octanol–water partition coefficient (Wildman–Crippen LogP) is 6.47. The summed E-state index contributed by atoms with van der Waals surface area (Å²) in [5.41, 5.74) is 2.24. The summed E-state index contributed by atoms with van der Waals surface area (Å²) in [6.07, 6.45) is 6.36. The molecule has 1 unspecified atom stereocenters. The van der Waals surface area contributed by atoms with E-state index in [1.165, 1.54) is 19.2 Å². The molecule has 192 valence electrons. The van der Waals surface area contributed by atoms with Crippen LogP contribution >= 0.6 is 11.6 Å². The van der Waals surface area contributed by atoms with Crippen LogP contribution < -0.4 is 9.47 Å². The lowest BCUT2D eigenvalue weighted by Crippen LogP contribution is -2.36. The second-order valence-electron chi connectivity index (χ2n) is 10.3. The second kappa shape index (κ2) is 10.6. The van der Waals surface area contributed by atoms with E-state index in [1.807, 2.05) is 0 Å². The van der Waals surface area contributed by atoms with E-state index in [9.17, 15) is 14.8 Å². The molecule has 2 saturated carbocycles. The maximum Gasteiger partial charge on any atom is 0.203 e. The van der Waals surface area contributed by atoms with E-state index in [2.05, 4.69) is 0 Å². The van der Waals surface area contributed by atoms with Gasteiger partial charge in [-0.1, -0.05) is 48.7 Å². The van der Waals surface area contributed by atoms with Crippen molar-refractivity contribution < 1.29 is 23.4 Å². The Kier molecular flexibility index (Phi) is 7.29. The van der Waals surface area contributed by atoms with Crippen LogP contribution in [0.1, 0.15) is 66.6 Å². The van der Waals surface area contributed by atoms with Crippen molar-refractivity contribution in [1.29, 1.82) is 0 Å². The Morgan fingerprint density at radius 1 is 1.05 bits per heavy atom. The molecule has 2 aromatic carbocycles. The molecular weight excluding hydrogens is 493 g/mol. The fourth-order valence-corrected chi connectivity index (χ4v) is 4.77. The van der Waals surface area contributed by atoms with Gasteiger partial charge >= 0.3 is 0 Å². The zero-order valence-corrected chi connectivity index (χ0v) is 21.5. The van der Waals surface area contributed by atoms with Gasteiger partial charge in [0, 0.05) is 18.1 Å². The number of aromatic nitrogens is 1. The quantitative estimate of drug-likeness (QED) is 0.165. The molecule has 0 radical (unpaired) electrons. The van der Waals surface area contributed by atoms with Crippen molar-refractivity contribution in [3.63, 3.8) is 0 Å². The lowest BCUT2D eigenvalue weighted by Gasteiger charge is -2.17. The lowest BCUT2D eigenvalue weighted by atomic mass is 9.89. The molecule has 37 heavy (non-hydrogen) atoms. The smallest absolute Gasteiger partial charge is 0.203 e. The molecule has 2 aliphatic rings. The van der Waals surface area contributed by atoms with E-state index in [4.69, 9.17) is 16.3 Å². The average molecular weight is 522 g/mol. The number of hydrogen-bond donors (Lipinski definition) is 0. The number of carbonyl (C=O) groups is 2. The Hall–Kier alpha value is -3.25. The fraction of sp³-hybridized carbons (Fsp3) is 0.367. The van der Waals surface area contributed by atoms with Crippen molar-refractivity contribution in [2.45, 2.75) is 51.4 Å². The highest BCUT2D eigenvalue weighted by Gasteiger charge is 2.35. The number of hydrogen-bond acceptors (Lipinski definition) is 4. The van der Waals surface area contributed by atoms with Crippen LogP contribution in [0.4, 0.5) is 4.39 Å². The normalized spacial score (nSPS) is 15.9. The van der Waals surface area contributed by atoms with Crippen LogP contribution in [0.25, 0.3) is 11.1 Å². The number of nitrogens with zero attached hydrogens (tertiary/aromatic N) is 1. The lowest BCUT2D eigenvalue weighted by molar-refractivity contribution is -0.614. The molecule has 0 aliphatic heterocycles. The molecule has 1 atom stereocenters. The Labute approximate surface area is 220 Å². The number of carbonyl (C=O) groups excluding carboxylic acids is 2. The molecule has 5 nitrogen and oxygen atoms in total. The van der Waals surface area contributed by atoms with Gasteiger partial charge in [0.25, 0.3) is 0 Å². The highest BCUT2D eigenvalue weighted by Crippen LogP contribution is 2.40. The van der Waals surface area contributed by atoms with Crippen molar-refractivity contribution >= 4 is 23.2 Å². The summed E-state index contributed by atoms with van der Waals surface area (Å²) in [5, 5.41) is 13.2. The molecule has 1 aromatic heterocycles. The van der Waals surface area contributed by atoms with Crippen LogP contribution in [0.5, 0.6) is 5.75 Å². The fourth-order valence-electron chi connectivity index (χ4n) is 4.61. The number of rotatable bonds is 11. The number of Topliss-reactive ketones (excluding diaryl/α,β-unsaturated/α-hetero) is 2. The van der Waals surface area contributed by atoms with E-state index >= 15 is 4.39 Å². The van der Waals surface area contributed by atoms with E-state index < -0.39 is 11.7 Å². The number of benzene rings is 2. The largest absolute Gasteiger partial charge is 0.618 e. The number of halogens is 2. The minimum absolute atomic E-state index is 0.0331. The first-order valence-corrected chi connectivity index (χ1v) is 13.1. The molecular formula is C30H29ClFNO4. The van der Waals surface area contributed by atoms with E-state index in [0.29, 0.717) is 52.2 Å². The predicted molar refractivity (Wildman–Crippen MR) is 139 cm³/mol. The number of pyridine rings is 1. The van der Waals surface area contributed by atoms with Gasteiger partial charge in [-0.25, -0.2) is 4.39 Å². The maximum atomic E-state index is 15.1. The zero-order chi connectivity index (χ0) is 26.1. The molecule has 2 aliphatic carbocycles. The third-order valence-electron chi connectivity index (χ3n) is 7.21. The maximum absolute atomic E-state index is 15.1. The molecule has 1 heterocycles. The minimum Gasteiger partial charge on any atom is -0.618 e. The zero-order valence-electron chi connectivity index (χ0n) is 20.7. The molecule has 7 heteroatoms. The number of ketones is 2. The SMILES string of the molecule is CC(=O)c1ccc(CC(=O)C(CC2CC2)c2ccc(-c3c(OCC4CC4)ccc(Cl)c3F)c[n+]2[O-])cc1. The average Bonchev–Trinajstić information content (AvgIpc) is 3.80. The Morgan fingerprint density at radius 3 is 2.38 bits per heavy atom. The molecule has 5 rings (SSSR count). The Morgan fingerprint density at radius 2 is 1.76 bits per heavy atom. The first-order valence-electron chi connectivity index (χ1n) is 12.8. The van der Waals surface area contributed by atoms with Gasteiger partial charge in [-0.05, 0) is 61.8 Å². The van der Waals surface area contributed by atoms with Gasteiger partial charge in [-0.3, -0.25) is 9.59 Å². The Bertz CT molecular complexity index is 1330. The van der Waals surface area contributed by atoms with Gasteiger partial charge in [-0.15, -0.1) is 0 Å². The van der Waals surface area contributed by atoms with Crippen molar-refractivity contribution in [1.82, 2.24) is 0 Å². The molecule has 2 fully saturated rings. The van der Waals surface area contributed by atoms with Crippen molar-refractivity contribution in [2.24, 2.45) is 11.8 Å². The summed E-state index contributed by atoms with van der Waals surface area (Å²) in [6, 6.07) is 13.4. The summed E-state index contributed by atoms with van der Waals surface area (Å²) in [7, 11) is 0. The van der Waals surface area contributed by atoms with Gasteiger partial charge in [0.2, 0.25) is 5.69 Å². The second-order valence-corrected chi connectivity index (χ2v) is 10.7. The molecule has 0 spiro atoms. The van der Waals surface area contributed by atoms with Crippen LogP contribution in [-0.4, -0.2) is 18.2 Å². The summed E-state index contributed by atoms with van der Waals surface area (Å²) in [4.78, 5) is 24.9.